The number of rotatable bonds is 10. The summed E-state index contributed by atoms with van der Waals surface area (Å²) in [5, 5.41) is 6.79. The van der Waals surface area contributed by atoms with Gasteiger partial charge in [0.15, 0.2) is 18.2 Å². The van der Waals surface area contributed by atoms with Crippen LogP contribution in [-0.4, -0.2) is 120 Å². The minimum atomic E-state index is -4.55. The Morgan fingerprint density at radius 3 is 2.38 bits per heavy atom. The van der Waals surface area contributed by atoms with E-state index in [-0.39, 0.29) is 29.1 Å². The highest BCUT2D eigenvalue weighted by Gasteiger charge is 2.32. The van der Waals surface area contributed by atoms with E-state index < -0.39 is 19.9 Å². The lowest BCUT2D eigenvalue weighted by Crippen LogP contribution is -2.52. The van der Waals surface area contributed by atoms with Gasteiger partial charge in [-0.05, 0) is 61.3 Å². The van der Waals surface area contributed by atoms with E-state index in [0.717, 1.165) is 39.0 Å². The van der Waals surface area contributed by atoms with Crippen molar-refractivity contribution < 1.29 is 27.2 Å². The van der Waals surface area contributed by atoms with Crippen LogP contribution in [0.3, 0.4) is 0 Å². The highest BCUT2D eigenvalue weighted by molar-refractivity contribution is 9.10. The predicted molar refractivity (Wildman–Crippen MR) is 192 cm³/mol. The molecule has 2 aliphatic rings. The Morgan fingerprint density at radius 2 is 1.70 bits per heavy atom. The molecule has 0 saturated carbocycles. The molecule has 268 valence electrons. The summed E-state index contributed by atoms with van der Waals surface area (Å²) in [6, 6.07) is 5.37. The minimum absolute atomic E-state index is 0.0392. The molecule has 0 unspecified atom stereocenters. The average molecular weight is 780 g/mol. The van der Waals surface area contributed by atoms with E-state index in [1.165, 1.54) is 19.4 Å². The minimum Gasteiger partial charge on any atom is -0.480 e. The number of piperazine rings is 1. The second-order valence-corrected chi connectivity index (χ2v) is 16.7. The molecule has 2 N–H and O–H groups in total. The Balaban J connectivity index is 1.27. The molecule has 6 rings (SSSR count). The van der Waals surface area contributed by atoms with Crippen molar-refractivity contribution in [1.82, 2.24) is 34.7 Å². The Morgan fingerprint density at radius 1 is 0.980 bits per heavy atom. The Kier molecular flexibility index (Phi) is 10.7. The second-order valence-electron chi connectivity index (χ2n) is 12.7. The Labute approximate surface area is 296 Å². The second kappa shape index (κ2) is 14.8. The summed E-state index contributed by atoms with van der Waals surface area (Å²) in [5.74, 6) is 0.804. The number of nitrogens with zero attached hydrogens (tertiary/aromatic N) is 8. The SMILES string of the molecule is COc1nc(N2CCC(N3CCN(C)CC3)CC2)c(OCC(F)(F)F)cc1Nc1ncc(Br)c(Nc2ccc3nccnc3c2P(C)(C)=O)n1. The topological polar surface area (TPSA) is 134 Å². The van der Waals surface area contributed by atoms with E-state index in [1.54, 1.807) is 37.9 Å². The van der Waals surface area contributed by atoms with Gasteiger partial charge in [-0.25, -0.2) is 4.98 Å². The highest BCUT2D eigenvalue weighted by atomic mass is 79.9. The molecule has 0 spiro atoms. The number of anilines is 5. The summed E-state index contributed by atoms with van der Waals surface area (Å²) in [6.07, 6.45) is 1.78. The molecule has 13 nitrogen and oxygen atoms in total. The number of alkyl halides is 3. The summed E-state index contributed by atoms with van der Waals surface area (Å²) >= 11 is 3.48. The van der Waals surface area contributed by atoms with Gasteiger partial charge < -0.3 is 34.5 Å². The summed E-state index contributed by atoms with van der Waals surface area (Å²) in [4.78, 5) is 29.1. The number of pyridine rings is 1. The van der Waals surface area contributed by atoms with Crippen molar-refractivity contribution in [3.05, 3.63) is 41.3 Å². The Hall–Kier alpha value is -3.79. The fourth-order valence-corrected chi connectivity index (χ4v) is 7.95. The van der Waals surface area contributed by atoms with Crippen LogP contribution in [-0.2, 0) is 4.57 Å². The number of piperidine rings is 1. The molecule has 0 bridgehead atoms. The lowest BCUT2D eigenvalue weighted by Gasteiger charge is -2.42. The smallest absolute Gasteiger partial charge is 0.422 e. The highest BCUT2D eigenvalue weighted by Crippen LogP contribution is 2.42. The van der Waals surface area contributed by atoms with Crippen molar-refractivity contribution in [3.63, 3.8) is 0 Å². The van der Waals surface area contributed by atoms with Gasteiger partial charge in [0.1, 0.15) is 24.2 Å². The molecule has 0 radical (unpaired) electrons. The quantitative estimate of drug-likeness (QED) is 0.197. The van der Waals surface area contributed by atoms with Gasteiger partial charge in [-0.15, -0.1) is 0 Å². The standard InChI is InChI=1S/C32H39BrF3N10O3P/c1-44-13-15-45(16-14-44)20-7-11-46(12-8-20)29-25(49-19-32(34,35)36)17-24(30(43-29)48-2)41-31-39-18-21(33)28(42-31)40-23-6-5-22-26(38-10-9-37-22)27(23)50(3,4)47/h5-6,9-10,17-18,20H,7-8,11-16,19H2,1-4H3,(H2,39,40,41,42). The number of ether oxygens (including phenoxy) is 2. The first-order valence-electron chi connectivity index (χ1n) is 16.1. The van der Waals surface area contributed by atoms with Gasteiger partial charge in [-0.1, -0.05) is 0 Å². The molecular formula is C32H39BrF3N10O3P. The van der Waals surface area contributed by atoms with Crippen LogP contribution < -0.4 is 30.3 Å². The first-order chi connectivity index (χ1) is 23.8. The Bertz CT molecular complexity index is 1880. The largest absolute Gasteiger partial charge is 0.480 e. The third-order valence-electron chi connectivity index (χ3n) is 8.73. The van der Waals surface area contributed by atoms with Crippen LogP contribution in [0.1, 0.15) is 12.8 Å². The van der Waals surface area contributed by atoms with Gasteiger partial charge in [0.05, 0.1) is 28.1 Å². The van der Waals surface area contributed by atoms with E-state index in [4.69, 9.17) is 9.47 Å². The van der Waals surface area contributed by atoms with Gasteiger partial charge in [-0.3, -0.25) is 14.9 Å². The monoisotopic (exact) mass is 778 g/mol. The molecule has 2 aliphatic heterocycles. The molecule has 2 fully saturated rings. The molecule has 1 aromatic carbocycles. The first kappa shape index (κ1) is 36.0. The van der Waals surface area contributed by atoms with Crippen molar-refractivity contribution in [2.75, 3.05) is 88.9 Å². The lowest BCUT2D eigenvalue weighted by atomic mass is 10.0. The molecule has 18 heteroatoms. The number of nitrogens with one attached hydrogen (secondary N) is 2. The molecule has 0 amide bonds. The predicted octanol–water partition coefficient (Wildman–Crippen LogP) is 5.48. The summed E-state index contributed by atoms with van der Waals surface area (Å²) in [7, 11) is 0.699. The maximum absolute atomic E-state index is 13.4. The van der Waals surface area contributed by atoms with Crippen LogP contribution in [0.4, 0.5) is 42.1 Å². The van der Waals surface area contributed by atoms with Gasteiger partial charge in [0.25, 0.3) is 0 Å². The zero-order valence-corrected chi connectivity index (χ0v) is 30.6. The van der Waals surface area contributed by atoms with E-state index in [9.17, 15) is 17.7 Å². The fourth-order valence-electron chi connectivity index (χ4n) is 6.27. The normalized spacial score (nSPS) is 16.8. The number of fused-ring (bicyclic) bond motifs is 1. The number of aromatic nitrogens is 5. The van der Waals surface area contributed by atoms with Crippen molar-refractivity contribution in [2.24, 2.45) is 0 Å². The number of hydrogen-bond acceptors (Lipinski definition) is 13. The molecule has 2 saturated heterocycles. The maximum Gasteiger partial charge on any atom is 0.422 e. The number of methoxy groups -OCH3 is 1. The van der Waals surface area contributed by atoms with Crippen molar-refractivity contribution in [3.8, 4) is 11.6 Å². The van der Waals surface area contributed by atoms with E-state index >= 15 is 0 Å². The van der Waals surface area contributed by atoms with Crippen molar-refractivity contribution in [1.29, 1.82) is 0 Å². The third kappa shape index (κ3) is 8.39. The van der Waals surface area contributed by atoms with E-state index in [0.29, 0.717) is 51.4 Å². The van der Waals surface area contributed by atoms with Gasteiger partial charge >= 0.3 is 6.18 Å². The van der Waals surface area contributed by atoms with E-state index in [2.05, 4.69) is 68.3 Å². The van der Waals surface area contributed by atoms with Crippen LogP contribution in [0, 0.1) is 0 Å². The molecule has 0 aliphatic carbocycles. The zero-order valence-electron chi connectivity index (χ0n) is 28.2. The molecule has 0 atom stereocenters. The number of benzene rings is 1. The van der Waals surface area contributed by atoms with Crippen LogP contribution in [0.5, 0.6) is 11.6 Å². The number of likely N-dealkylation sites (N-methyl/N-ethyl adjacent to an activating group) is 1. The average Bonchev–Trinajstić information content (AvgIpc) is 3.08. The number of halogens is 4. The van der Waals surface area contributed by atoms with Crippen LogP contribution in [0.2, 0.25) is 0 Å². The molecule has 4 aromatic rings. The van der Waals surface area contributed by atoms with Crippen LogP contribution in [0.25, 0.3) is 11.0 Å². The van der Waals surface area contributed by atoms with Crippen molar-refractivity contribution in [2.45, 2.75) is 25.1 Å². The molecule has 50 heavy (non-hydrogen) atoms. The molecule has 5 heterocycles. The molecular weight excluding hydrogens is 740 g/mol. The van der Waals surface area contributed by atoms with Crippen LogP contribution in [0.15, 0.2) is 41.3 Å². The van der Waals surface area contributed by atoms with E-state index in [1.807, 2.05) is 4.90 Å². The molecule has 3 aromatic heterocycles. The van der Waals surface area contributed by atoms with Crippen molar-refractivity contribution >= 4 is 68.4 Å². The van der Waals surface area contributed by atoms with Crippen LogP contribution >= 0.6 is 23.1 Å². The third-order valence-corrected chi connectivity index (χ3v) is 10.8. The lowest BCUT2D eigenvalue weighted by molar-refractivity contribution is -0.153. The number of hydrogen-bond donors (Lipinski definition) is 2. The fraction of sp³-hybridized carbons (Fsp3) is 0.469. The zero-order chi connectivity index (χ0) is 35.6. The maximum atomic E-state index is 13.4. The summed E-state index contributed by atoms with van der Waals surface area (Å²) in [6.45, 7) is 7.07. The summed E-state index contributed by atoms with van der Waals surface area (Å²) < 4.78 is 65.0. The van der Waals surface area contributed by atoms with Gasteiger partial charge in [-0.2, -0.15) is 23.1 Å². The first-order valence-corrected chi connectivity index (χ1v) is 19.5. The van der Waals surface area contributed by atoms with Gasteiger partial charge in [0, 0.05) is 70.0 Å². The van der Waals surface area contributed by atoms with Gasteiger partial charge in [0.2, 0.25) is 11.8 Å². The summed E-state index contributed by atoms with van der Waals surface area (Å²) in [5.41, 5.74) is 1.86.